The third-order valence-electron chi connectivity index (χ3n) is 7.70. The Balaban J connectivity index is 1.68. The summed E-state index contributed by atoms with van der Waals surface area (Å²) in [7, 11) is -2.93. The number of carbonyl (C=O) groups excluding carboxylic acids is 2. The lowest BCUT2D eigenvalue weighted by Crippen LogP contribution is -2.63. The highest BCUT2D eigenvalue weighted by atomic mass is 32.2. The largest absolute Gasteiger partial charge is 0.496 e. The second-order valence-corrected chi connectivity index (χ2v) is 13.5. The molecule has 11 nitrogen and oxygen atoms in total. The van der Waals surface area contributed by atoms with E-state index in [2.05, 4.69) is 4.98 Å². The van der Waals surface area contributed by atoms with Gasteiger partial charge in [-0.2, -0.15) is 0 Å². The molecule has 1 saturated carbocycles. The van der Waals surface area contributed by atoms with Crippen molar-refractivity contribution in [3.63, 3.8) is 0 Å². The molecular formula is C28H34N4O7S2. The predicted molar refractivity (Wildman–Crippen MR) is 153 cm³/mol. The minimum absolute atomic E-state index is 0.0332. The highest BCUT2D eigenvalue weighted by molar-refractivity contribution is 7.90. The monoisotopic (exact) mass is 602 g/mol. The van der Waals surface area contributed by atoms with Gasteiger partial charge in [0.05, 0.1) is 30.8 Å². The second kappa shape index (κ2) is 11.1. The molecule has 3 aromatic rings. The molecule has 1 aromatic carbocycles. The van der Waals surface area contributed by atoms with E-state index >= 15 is 0 Å². The van der Waals surface area contributed by atoms with Crippen molar-refractivity contribution in [2.24, 2.45) is 5.73 Å². The maximum atomic E-state index is 14.2. The number of aromatic nitrogens is 1. The Labute approximate surface area is 243 Å². The molecule has 13 heteroatoms. The van der Waals surface area contributed by atoms with Gasteiger partial charge in [0.15, 0.2) is 0 Å². The average Bonchev–Trinajstić information content (AvgIpc) is 3.59. The molecule has 2 aliphatic rings. The molecule has 0 unspecified atom stereocenters. The number of sulfonamides is 1. The molecule has 3 amide bonds. The summed E-state index contributed by atoms with van der Waals surface area (Å²) in [6.07, 6.45) is 7.15. The van der Waals surface area contributed by atoms with E-state index in [1.807, 2.05) is 24.3 Å². The third kappa shape index (κ3) is 5.10. The number of rotatable bonds is 9. The van der Waals surface area contributed by atoms with Gasteiger partial charge in [0, 0.05) is 5.56 Å². The first kappa shape index (κ1) is 29.1. The number of primary amides is 1. The van der Waals surface area contributed by atoms with Crippen LogP contribution < -0.4 is 15.4 Å². The number of hydrogen-bond acceptors (Lipinski definition) is 9. The van der Waals surface area contributed by atoms with Gasteiger partial charge in [-0.3, -0.25) is 9.69 Å². The van der Waals surface area contributed by atoms with Crippen molar-refractivity contribution in [3.05, 3.63) is 47.9 Å². The normalized spacial score (nSPS) is 18.3. The minimum Gasteiger partial charge on any atom is -0.496 e. The van der Waals surface area contributed by atoms with E-state index in [1.165, 1.54) is 31.2 Å². The number of ether oxygens (including phenoxy) is 2. The number of amides is 3. The molecule has 220 valence electrons. The lowest BCUT2D eigenvalue weighted by Gasteiger charge is -2.42. The van der Waals surface area contributed by atoms with Crippen LogP contribution >= 0.6 is 11.3 Å². The maximum Gasteiger partial charge on any atom is 0.340 e. The summed E-state index contributed by atoms with van der Waals surface area (Å²) in [4.78, 5) is 32.7. The number of methoxy groups -OCH3 is 1. The summed E-state index contributed by atoms with van der Waals surface area (Å²) in [6.45, 7) is 4.24. The number of oxazole rings is 1. The van der Waals surface area contributed by atoms with Crippen LogP contribution in [-0.4, -0.2) is 54.9 Å². The van der Waals surface area contributed by atoms with E-state index in [-0.39, 0.29) is 28.4 Å². The fraction of sp³-hybridized carbons (Fsp3) is 0.464. The van der Waals surface area contributed by atoms with E-state index in [0.29, 0.717) is 20.5 Å². The van der Waals surface area contributed by atoms with Gasteiger partial charge in [-0.05, 0) is 45.2 Å². The quantitative estimate of drug-likeness (QED) is 0.360. The fourth-order valence-corrected chi connectivity index (χ4v) is 9.09. The maximum absolute atomic E-state index is 14.2. The fourth-order valence-electron chi connectivity index (χ4n) is 5.44. The molecule has 2 N–H and O–H groups in total. The summed E-state index contributed by atoms with van der Waals surface area (Å²) in [5, 5.41) is 0.198. The van der Waals surface area contributed by atoms with E-state index in [1.54, 1.807) is 14.0 Å². The smallest absolute Gasteiger partial charge is 0.340 e. The van der Waals surface area contributed by atoms with Crippen LogP contribution in [0.2, 0.25) is 0 Å². The molecule has 1 fully saturated rings. The number of thiophene rings is 1. The summed E-state index contributed by atoms with van der Waals surface area (Å²) in [6, 6.07) is 6.51. The molecule has 1 aliphatic carbocycles. The van der Waals surface area contributed by atoms with E-state index in [9.17, 15) is 18.0 Å². The van der Waals surface area contributed by atoms with Crippen molar-refractivity contribution in [2.75, 3.05) is 18.6 Å². The third-order valence-corrected chi connectivity index (χ3v) is 11.2. The van der Waals surface area contributed by atoms with Crippen molar-refractivity contribution >= 4 is 38.3 Å². The Morgan fingerprint density at radius 2 is 1.95 bits per heavy atom. The summed E-state index contributed by atoms with van der Waals surface area (Å²) in [5.41, 5.74) is 4.88. The van der Waals surface area contributed by atoms with Crippen molar-refractivity contribution < 1.29 is 31.9 Å². The molecule has 0 saturated heterocycles. The van der Waals surface area contributed by atoms with Crippen molar-refractivity contribution in [2.45, 2.75) is 75.5 Å². The first-order valence-electron chi connectivity index (χ1n) is 13.5. The molecule has 5 rings (SSSR count). The van der Waals surface area contributed by atoms with Crippen molar-refractivity contribution in [1.82, 2.24) is 9.29 Å². The van der Waals surface area contributed by atoms with Gasteiger partial charge in [0.2, 0.25) is 11.8 Å². The number of para-hydroxylation sites is 1. The van der Waals surface area contributed by atoms with Crippen LogP contribution in [0.5, 0.6) is 5.75 Å². The minimum atomic E-state index is -4.49. The average molecular weight is 603 g/mol. The van der Waals surface area contributed by atoms with Crippen LogP contribution in [0.25, 0.3) is 10.8 Å². The number of anilines is 1. The Bertz CT molecular complexity index is 1540. The molecule has 1 aliphatic heterocycles. The number of benzene rings is 1. The number of carbonyl (C=O) groups is 2. The Hall–Kier alpha value is -3.42. The van der Waals surface area contributed by atoms with E-state index in [0.717, 1.165) is 49.0 Å². The molecule has 1 atom stereocenters. The van der Waals surface area contributed by atoms with Gasteiger partial charge in [-0.25, -0.2) is 22.5 Å². The Kier molecular flexibility index (Phi) is 7.88. The molecule has 0 bridgehead atoms. The van der Waals surface area contributed by atoms with Gasteiger partial charge in [-0.1, -0.05) is 37.5 Å². The summed E-state index contributed by atoms with van der Waals surface area (Å²) in [5.74, 6) is -0.147. The molecule has 2 aromatic heterocycles. The second-order valence-electron chi connectivity index (χ2n) is 10.7. The highest BCUT2D eigenvalue weighted by Gasteiger charge is 2.53. The first-order valence-corrected chi connectivity index (χ1v) is 15.7. The molecule has 0 radical (unpaired) electrons. The van der Waals surface area contributed by atoms with Crippen LogP contribution in [0.1, 0.15) is 63.2 Å². The molecule has 0 spiro atoms. The predicted octanol–water partition coefficient (Wildman–Crippen LogP) is 5.01. The molecular weight excluding hydrogens is 568 g/mol. The lowest BCUT2D eigenvalue weighted by molar-refractivity contribution is -0.124. The number of hydrogen-bond donors (Lipinski definition) is 1. The Morgan fingerprint density at radius 1 is 1.24 bits per heavy atom. The topological polar surface area (TPSA) is 145 Å². The zero-order chi connectivity index (χ0) is 29.5. The summed E-state index contributed by atoms with van der Waals surface area (Å²) >= 11 is 1.09. The molecule has 41 heavy (non-hydrogen) atoms. The summed E-state index contributed by atoms with van der Waals surface area (Å²) < 4.78 is 46.5. The van der Waals surface area contributed by atoms with Crippen LogP contribution in [-0.2, 0) is 19.6 Å². The van der Waals surface area contributed by atoms with Crippen LogP contribution in [0.4, 0.5) is 9.80 Å². The zero-order valence-electron chi connectivity index (χ0n) is 23.5. The van der Waals surface area contributed by atoms with Crippen LogP contribution in [0.15, 0.2) is 46.0 Å². The van der Waals surface area contributed by atoms with Crippen molar-refractivity contribution in [1.29, 1.82) is 0 Å². The van der Waals surface area contributed by atoms with E-state index < -0.39 is 33.6 Å². The standard InChI is InChI=1S/C28H34N4O7S2/c1-17-22(24-30-14-15-38-24)40-25-23(17)41(35,36)32(28(2,3)26(29)33)27(34)31(25)16-21(39-18-10-6-5-7-11-18)19-12-8-9-13-20(19)37-4/h8-9,12-15,18,21H,5-7,10-11,16H2,1-4H3,(H2,29,33)/t21-/m0/s1. The molecule has 3 heterocycles. The van der Waals surface area contributed by atoms with Crippen molar-refractivity contribution in [3.8, 4) is 16.5 Å². The van der Waals surface area contributed by atoms with Gasteiger partial charge in [0.25, 0.3) is 10.0 Å². The van der Waals surface area contributed by atoms with Gasteiger partial charge in [-0.15, -0.1) is 11.3 Å². The first-order chi connectivity index (χ1) is 19.5. The highest BCUT2D eigenvalue weighted by Crippen LogP contribution is 2.50. The van der Waals surface area contributed by atoms with Crippen LogP contribution in [0, 0.1) is 6.92 Å². The number of nitrogens with zero attached hydrogens (tertiary/aromatic N) is 3. The number of nitrogens with two attached hydrogens (primary N) is 1. The van der Waals surface area contributed by atoms with Gasteiger partial charge in [0.1, 0.15) is 33.6 Å². The Morgan fingerprint density at radius 3 is 2.59 bits per heavy atom. The lowest BCUT2D eigenvalue weighted by atomic mass is 9.97. The van der Waals surface area contributed by atoms with E-state index in [4.69, 9.17) is 19.6 Å². The van der Waals surface area contributed by atoms with Crippen LogP contribution in [0.3, 0.4) is 0 Å². The number of fused-ring (bicyclic) bond motifs is 1. The van der Waals surface area contributed by atoms with Gasteiger partial charge >= 0.3 is 6.03 Å². The zero-order valence-corrected chi connectivity index (χ0v) is 25.1. The van der Waals surface area contributed by atoms with Gasteiger partial charge < -0.3 is 19.6 Å². The number of urea groups is 1. The SMILES string of the molecule is COc1ccccc1[C@H](CN1C(=O)N(C(C)(C)C(N)=O)S(=O)(=O)c2c1sc(-c1ncco1)c2C)OC1CCCCC1.